The van der Waals surface area contributed by atoms with Crippen molar-refractivity contribution < 1.29 is 19.0 Å². The Bertz CT molecular complexity index is 1100. The van der Waals surface area contributed by atoms with E-state index in [1.54, 1.807) is 47.9 Å². The Morgan fingerprint density at radius 3 is 2.65 bits per heavy atom. The van der Waals surface area contributed by atoms with Crippen LogP contribution < -0.4 is 20.1 Å². The second-order valence-corrected chi connectivity index (χ2v) is 9.12. The number of carbonyl (C=O) groups is 1. The average Bonchev–Trinajstić information content (AvgIpc) is 3.23. The van der Waals surface area contributed by atoms with Crippen molar-refractivity contribution >= 4 is 34.5 Å². The van der Waals surface area contributed by atoms with Crippen molar-refractivity contribution in [2.75, 3.05) is 45.8 Å². The molecule has 3 aromatic rings. The summed E-state index contributed by atoms with van der Waals surface area (Å²) in [6.07, 6.45) is 1.75. The van der Waals surface area contributed by atoms with Crippen LogP contribution >= 0.6 is 11.8 Å². The Balaban J connectivity index is 1.72. The van der Waals surface area contributed by atoms with Crippen LogP contribution in [0.5, 0.6) is 11.5 Å². The van der Waals surface area contributed by atoms with Crippen LogP contribution in [0.2, 0.25) is 0 Å². The van der Waals surface area contributed by atoms with E-state index in [9.17, 15) is 4.79 Å². The number of ether oxygens (including phenoxy) is 3. The quantitative estimate of drug-likeness (QED) is 0.213. The lowest BCUT2D eigenvalue weighted by atomic mass is 10.2. The smallest absolute Gasteiger partial charge is 0.251 e. The molecule has 0 unspecified atom stereocenters. The SMILES string of the molecule is CCOCCNc1nc(SC(C)C)nc2c1cnn2CCNC(=O)c1ccc(OC)c(OC)c1. The van der Waals surface area contributed by atoms with Crippen molar-refractivity contribution in [3.05, 3.63) is 30.0 Å². The number of anilines is 1. The number of fused-ring (bicyclic) bond motifs is 1. The first kappa shape index (κ1) is 25.6. The molecule has 2 aromatic heterocycles. The Morgan fingerprint density at radius 2 is 1.94 bits per heavy atom. The van der Waals surface area contributed by atoms with Gasteiger partial charge in [-0.1, -0.05) is 25.6 Å². The van der Waals surface area contributed by atoms with Crippen LogP contribution in [0.3, 0.4) is 0 Å². The third-order valence-corrected chi connectivity index (χ3v) is 5.68. The van der Waals surface area contributed by atoms with Crippen LogP contribution in [0, 0.1) is 0 Å². The predicted octanol–water partition coefficient (Wildman–Crippen LogP) is 3.22. The zero-order chi connectivity index (χ0) is 24.5. The monoisotopic (exact) mass is 488 g/mol. The fourth-order valence-electron chi connectivity index (χ4n) is 3.24. The molecule has 0 radical (unpaired) electrons. The highest BCUT2D eigenvalue weighted by atomic mass is 32.2. The van der Waals surface area contributed by atoms with E-state index in [1.165, 1.54) is 7.11 Å². The maximum atomic E-state index is 12.6. The molecule has 184 valence electrons. The molecule has 2 heterocycles. The van der Waals surface area contributed by atoms with Gasteiger partial charge in [-0.15, -0.1) is 0 Å². The van der Waals surface area contributed by atoms with Gasteiger partial charge in [-0.2, -0.15) is 5.10 Å². The Kier molecular flexibility index (Phi) is 9.34. The molecule has 11 heteroatoms. The van der Waals surface area contributed by atoms with Gasteiger partial charge in [0.25, 0.3) is 5.91 Å². The molecule has 0 aliphatic carbocycles. The highest BCUT2D eigenvalue weighted by Crippen LogP contribution is 2.28. The molecule has 0 atom stereocenters. The van der Waals surface area contributed by atoms with E-state index < -0.39 is 0 Å². The second kappa shape index (κ2) is 12.4. The molecule has 0 fully saturated rings. The number of aromatic nitrogens is 4. The van der Waals surface area contributed by atoms with Crippen molar-refractivity contribution in [3.63, 3.8) is 0 Å². The number of nitrogens with zero attached hydrogens (tertiary/aromatic N) is 4. The number of nitrogens with one attached hydrogen (secondary N) is 2. The number of amides is 1. The lowest BCUT2D eigenvalue weighted by molar-refractivity contribution is 0.0951. The highest BCUT2D eigenvalue weighted by molar-refractivity contribution is 7.99. The summed E-state index contributed by atoms with van der Waals surface area (Å²) in [6, 6.07) is 5.06. The lowest BCUT2D eigenvalue weighted by Gasteiger charge is -2.11. The highest BCUT2D eigenvalue weighted by Gasteiger charge is 2.15. The number of methoxy groups -OCH3 is 2. The first-order valence-corrected chi connectivity index (χ1v) is 12.1. The number of benzene rings is 1. The zero-order valence-electron chi connectivity index (χ0n) is 20.3. The van der Waals surface area contributed by atoms with Crippen LogP contribution in [0.25, 0.3) is 11.0 Å². The summed E-state index contributed by atoms with van der Waals surface area (Å²) in [4.78, 5) is 22.0. The number of hydrogen-bond acceptors (Lipinski definition) is 9. The zero-order valence-corrected chi connectivity index (χ0v) is 21.1. The van der Waals surface area contributed by atoms with Crippen molar-refractivity contribution in [2.24, 2.45) is 0 Å². The minimum absolute atomic E-state index is 0.207. The standard InChI is InChI=1S/C23H32N6O4S/c1-6-33-12-10-24-20-17-14-26-29(21(17)28-23(27-20)34-15(2)3)11-9-25-22(30)16-7-8-18(31-4)19(13-16)32-5/h7-8,13-15H,6,9-12H2,1-5H3,(H,25,30)(H,24,27,28). The Hall–Kier alpha value is -3.05. The van der Waals surface area contributed by atoms with Gasteiger partial charge in [0.15, 0.2) is 22.3 Å². The molecule has 1 amide bonds. The van der Waals surface area contributed by atoms with E-state index in [2.05, 4.69) is 34.6 Å². The largest absolute Gasteiger partial charge is 0.493 e. The van der Waals surface area contributed by atoms with Crippen LogP contribution in [-0.4, -0.2) is 71.4 Å². The van der Waals surface area contributed by atoms with Crippen molar-refractivity contribution in [1.82, 2.24) is 25.1 Å². The van der Waals surface area contributed by atoms with E-state index in [-0.39, 0.29) is 5.91 Å². The number of hydrogen-bond donors (Lipinski definition) is 2. The fourth-order valence-corrected chi connectivity index (χ4v) is 3.94. The molecule has 0 saturated heterocycles. The maximum Gasteiger partial charge on any atom is 0.251 e. The van der Waals surface area contributed by atoms with Gasteiger partial charge in [-0.25, -0.2) is 14.6 Å². The summed E-state index contributed by atoms with van der Waals surface area (Å²) in [7, 11) is 3.09. The third kappa shape index (κ3) is 6.51. The molecule has 34 heavy (non-hydrogen) atoms. The molecule has 0 aliphatic heterocycles. The van der Waals surface area contributed by atoms with Crippen LogP contribution in [0.4, 0.5) is 5.82 Å². The summed E-state index contributed by atoms with van der Waals surface area (Å²) in [5.41, 5.74) is 1.21. The first-order chi connectivity index (χ1) is 16.5. The van der Waals surface area contributed by atoms with E-state index in [1.807, 2.05) is 6.92 Å². The summed E-state index contributed by atoms with van der Waals surface area (Å²) in [5, 5.41) is 12.6. The Morgan fingerprint density at radius 1 is 1.15 bits per heavy atom. The molecule has 2 N–H and O–H groups in total. The Labute approximate surface area is 203 Å². The maximum absolute atomic E-state index is 12.6. The van der Waals surface area contributed by atoms with Gasteiger partial charge in [-0.05, 0) is 25.1 Å². The average molecular weight is 489 g/mol. The minimum atomic E-state index is -0.207. The van der Waals surface area contributed by atoms with Gasteiger partial charge in [0.1, 0.15) is 5.82 Å². The van der Waals surface area contributed by atoms with Crippen LogP contribution in [0.15, 0.2) is 29.6 Å². The normalized spacial score (nSPS) is 11.1. The fraction of sp³-hybridized carbons (Fsp3) is 0.478. The predicted molar refractivity (Wildman–Crippen MR) is 133 cm³/mol. The van der Waals surface area contributed by atoms with Gasteiger partial charge >= 0.3 is 0 Å². The van der Waals surface area contributed by atoms with E-state index in [4.69, 9.17) is 19.2 Å². The minimum Gasteiger partial charge on any atom is -0.493 e. The van der Waals surface area contributed by atoms with Crippen LogP contribution in [0.1, 0.15) is 31.1 Å². The molecule has 0 saturated carbocycles. The molecule has 0 bridgehead atoms. The molecular weight excluding hydrogens is 456 g/mol. The number of thioether (sulfide) groups is 1. The van der Waals surface area contributed by atoms with E-state index in [0.717, 1.165) is 16.9 Å². The summed E-state index contributed by atoms with van der Waals surface area (Å²) in [5.74, 6) is 1.60. The van der Waals surface area contributed by atoms with Gasteiger partial charge in [-0.3, -0.25) is 4.79 Å². The number of rotatable bonds is 13. The number of carbonyl (C=O) groups excluding carboxylic acids is 1. The molecular formula is C23H32N6O4S. The van der Waals surface area contributed by atoms with Crippen molar-refractivity contribution in [1.29, 1.82) is 0 Å². The van der Waals surface area contributed by atoms with Gasteiger partial charge in [0.2, 0.25) is 0 Å². The third-order valence-electron chi connectivity index (χ3n) is 4.81. The lowest BCUT2D eigenvalue weighted by Crippen LogP contribution is -2.27. The molecule has 3 rings (SSSR count). The van der Waals surface area contributed by atoms with E-state index >= 15 is 0 Å². The topological polar surface area (TPSA) is 112 Å². The van der Waals surface area contributed by atoms with Gasteiger partial charge < -0.3 is 24.8 Å². The summed E-state index contributed by atoms with van der Waals surface area (Å²) < 4.78 is 17.7. The molecule has 10 nitrogen and oxygen atoms in total. The summed E-state index contributed by atoms with van der Waals surface area (Å²) >= 11 is 1.59. The molecule has 1 aromatic carbocycles. The van der Waals surface area contributed by atoms with Gasteiger partial charge in [0, 0.05) is 30.5 Å². The second-order valence-electron chi connectivity index (χ2n) is 7.58. The molecule has 0 spiro atoms. The van der Waals surface area contributed by atoms with Crippen LogP contribution in [-0.2, 0) is 11.3 Å². The molecule has 0 aliphatic rings. The van der Waals surface area contributed by atoms with Crippen molar-refractivity contribution in [3.8, 4) is 11.5 Å². The van der Waals surface area contributed by atoms with Gasteiger partial charge in [0.05, 0.1) is 39.0 Å². The van der Waals surface area contributed by atoms with Crippen molar-refractivity contribution in [2.45, 2.75) is 37.7 Å². The first-order valence-electron chi connectivity index (χ1n) is 11.2. The summed E-state index contributed by atoms with van der Waals surface area (Å²) in [6.45, 7) is 8.90. The van der Waals surface area contributed by atoms with E-state index in [0.29, 0.717) is 60.3 Å².